The molecule has 0 spiro atoms. The summed E-state index contributed by atoms with van der Waals surface area (Å²) >= 11 is 0. The van der Waals surface area contributed by atoms with Gasteiger partial charge in [-0.25, -0.2) is 8.42 Å². The fraction of sp³-hybridized carbons (Fsp3) is 0.154. The van der Waals surface area contributed by atoms with Gasteiger partial charge in [0, 0.05) is 6.20 Å². The van der Waals surface area contributed by atoms with E-state index in [-0.39, 0.29) is 11.5 Å². The molecule has 2 N–H and O–H groups in total. The number of aromatic nitrogens is 1. The van der Waals surface area contributed by atoms with Crippen molar-refractivity contribution in [1.29, 1.82) is 0 Å². The number of aliphatic hydroxyl groups is 1. The molecule has 0 radical (unpaired) electrons. The van der Waals surface area contributed by atoms with E-state index in [4.69, 9.17) is 5.11 Å². The molecule has 0 atom stereocenters. The molecular weight excluding hydrogens is 264 g/mol. The molecule has 0 amide bonds. The third-order valence-electron chi connectivity index (χ3n) is 2.67. The smallest absolute Gasteiger partial charge is 0.261 e. The first kappa shape index (κ1) is 13.5. The summed E-state index contributed by atoms with van der Waals surface area (Å²) in [7, 11) is -3.63. The molecule has 2 rings (SSSR count). The van der Waals surface area contributed by atoms with E-state index in [1.165, 1.54) is 12.1 Å². The lowest BCUT2D eigenvalue weighted by Crippen LogP contribution is -2.14. The van der Waals surface area contributed by atoms with Gasteiger partial charge in [-0.1, -0.05) is 12.1 Å². The molecule has 0 saturated heterocycles. The van der Waals surface area contributed by atoms with Crippen LogP contribution in [0.2, 0.25) is 0 Å². The van der Waals surface area contributed by atoms with Gasteiger partial charge in [0.1, 0.15) is 0 Å². The van der Waals surface area contributed by atoms with Crippen molar-refractivity contribution in [2.75, 3.05) is 4.72 Å². The zero-order valence-electron chi connectivity index (χ0n) is 10.4. The van der Waals surface area contributed by atoms with Gasteiger partial charge < -0.3 is 5.11 Å². The summed E-state index contributed by atoms with van der Waals surface area (Å²) in [6, 6.07) is 9.39. The second-order valence-corrected chi connectivity index (χ2v) is 5.73. The molecular formula is C13H14N2O3S. The van der Waals surface area contributed by atoms with E-state index in [1.54, 1.807) is 37.4 Å². The molecule has 1 aromatic carbocycles. The normalized spacial score (nSPS) is 11.3. The molecule has 1 heterocycles. The SMILES string of the molecule is Cc1ncccc1NS(=O)(=O)c1ccc(CO)cc1. The lowest BCUT2D eigenvalue weighted by Gasteiger charge is -2.10. The van der Waals surface area contributed by atoms with Gasteiger partial charge in [-0.3, -0.25) is 9.71 Å². The number of anilines is 1. The highest BCUT2D eigenvalue weighted by Gasteiger charge is 2.15. The van der Waals surface area contributed by atoms with Crippen LogP contribution in [0.3, 0.4) is 0 Å². The molecule has 0 aliphatic rings. The molecule has 0 aliphatic heterocycles. The largest absolute Gasteiger partial charge is 0.392 e. The number of pyridine rings is 1. The van der Waals surface area contributed by atoms with Crippen LogP contribution in [0.4, 0.5) is 5.69 Å². The zero-order valence-corrected chi connectivity index (χ0v) is 11.2. The number of benzene rings is 1. The van der Waals surface area contributed by atoms with Crippen LogP contribution in [0.15, 0.2) is 47.5 Å². The minimum atomic E-state index is -3.63. The first-order valence-electron chi connectivity index (χ1n) is 5.67. The topological polar surface area (TPSA) is 79.3 Å². The Hall–Kier alpha value is -1.92. The van der Waals surface area contributed by atoms with Gasteiger partial charge in [0.2, 0.25) is 0 Å². The lowest BCUT2D eigenvalue weighted by molar-refractivity contribution is 0.282. The van der Waals surface area contributed by atoms with Gasteiger partial charge in [0.15, 0.2) is 0 Å². The van der Waals surface area contributed by atoms with Crippen molar-refractivity contribution in [1.82, 2.24) is 4.98 Å². The van der Waals surface area contributed by atoms with Crippen molar-refractivity contribution in [3.63, 3.8) is 0 Å². The van der Waals surface area contributed by atoms with E-state index in [0.29, 0.717) is 16.9 Å². The summed E-state index contributed by atoms with van der Waals surface area (Å²) in [4.78, 5) is 4.17. The molecule has 0 saturated carbocycles. The van der Waals surface area contributed by atoms with Crippen LogP contribution in [0.25, 0.3) is 0 Å². The second-order valence-electron chi connectivity index (χ2n) is 4.04. The van der Waals surface area contributed by atoms with Crippen LogP contribution >= 0.6 is 0 Å². The van der Waals surface area contributed by atoms with Gasteiger partial charge in [-0.15, -0.1) is 0 Å². The van der Waals surface area contributed by atoms with E-state index >= 15 is 0 Å². The van der Waals surface area contributed by atoms with Crippen LogP contribution in [0.5, 0.6) is 0 Å². The average molecular weight is 278 g/mol. The number of nitrogens with zero attached hydrogens (tertiary/aromatic N) is 1. The molecule has 2 aromatic rings. The molecule has 1 aromatic heterocycles. The van der Waals surface area contributed by atoms with Crippen molar-refractivity contribution >= 4 is 15.7 Å². The Balaban J connectivity index is 2.30. The van der Waals surface area contributed by atoms with Gasteiger partial charge in [0.05, 0.1) is 22.9 Å². The highest BCUT2D eigenvalue weighted by atomic mass is 32.2. The van der Waals surface area contributed by atoms with Gasteiger partial charge in [-0.2, -0.15) is 0 Å². The number of hydrogen-bond acceptors (Lipinski definition) is 4. The Morgan fingerprint density at radius 3 is 2.47 bits per heavy atom. The van der Waals surface area contributed by atoms with Gasteiger partial charge in [-0.05, 0) is 36.8 Å². The van der Waals surface area contributed by atoms with Crippen molar-refractivity contribution in [2.24, 2.45) is 0 Å². The highest BCUT2D eigenvalue weighted by molar-refractivity contribution is 7.92. The Labute approximate surface area is 112 Å². The van der Waals surface area contributed by atoms with Crippen LogP contribution in [-0.4, -0.2) is 18.5 Å². The predicted octanol–water partition coefficient (Wildman–Crippen LogP) is 1.68. The van der Waals surface area contributed by atoms with Gasteiger partial charge in [0.25, 0.3) is 10.0 Å². The maximum absolute atomic E-state index is 12.2. The lowest BCUT2D eigenvalue weighted by atomic mass is 10.2. The maximum atomic E-state index is 12.2. The number of rotatable bonds is 4. The zero-order chi connectivity index (χ0) is 13.9. The molecule has 0 unspecified atom stereocenters. The van der Waals surface area contributed by atoms with E-state index < -0.39 is 10.0 Å². The second kappa shape index (κ2) is 5.38. The fourth-order valence-corrected chi connectivity index (χ4v) is 2.69. The van der Waals surface area contributed by atoms with Crippen molar-refractivity contribution in [3.8, 4) is 0 Å². The molecule has 100 valence electrons. The highest BCUT2D eigenvalue weighted by Crippen LogP contribution is 2.18. The number of nitrogens with one attached hydrogen (secondary N) is 1. The number of sulfonamides is 1. The monoisotopic (exact) mass is 278 g/mol. The van der Waals surface area contributed by atoms with E-state index in [9.17, 15) is 8.42 Å². The third kappa shape index (κ3) is 3.10. The molecule has 6 heteroatoms. The van der Waals surface area contributed by atoms with Crippen LogP contribution in [0.1, 0.15) is 11.3 Å². The average Bonchev–Trinajstić information content (AvgIpc) is 2.41. The van der Waals surface area contributed by atoms with E-state index in [2.05, 4.69) is 9.71 Å². The standard InChI is InChI=1S/C13H14N2O3S/c1-10-13(3-2-8-14-10)15-19(17,18)12-6-4-11(9-16)5-7-12/h2-8,15-16H,9H2,1H3. The fourth-order valence-electron chi connectivity index (χ4n) is 1.57. The Morgan fingerprint density at radius 1 is 1.21 bits per heavy atom. The minimum absolute atomic E-state index is 0.116. The summed E-state index contributed by atoms with van der Waals surface area (Å²) in [6.45, 7) is 1.61. The summed E-state index contributed by atoms with van der Waals surface area (Å²) < 4.78 is 26.8. The molecule has 5 nitrogen and oxygen atoms in total. The third-order valence-corrected chi connectivity index (χ3v) is 4.05. The first-order chi connectivity index (χ1) is 9.03. The summed E-state index contributed by atoms with van der Waals surface area (Å²) in [5, 5.41) is 8.93. The molecule has 0 fully saturated rings. The molecule has 19 heavy (non-hydrogen) atoms. The number of hydrogen-bond donors (Lipinski definition) is 2. The van der Waals surface area contributed by atoms with Crippen LogP contribution in [-0.2, 0) is 16.6 Å². The summed E-state index contributed by atoms with van der Waals surface area (Å²) in [6.07, 6.45) is 1.60. The Morgan fingerprint density at radius 2 is 1.89 bits per heavy atom. The summed E-state index contributed by atoms with van der Waals surface area (Å²) in [5.74, 6) is 0. The Kier molecular flexibility index (Phi) is 3.82. The predicted molar refractivity (Wildman–Crippen MR) is 72.1 cm³/mol. The number of aliphatic hydroxyl groups excluding tert-OH is 1. The quantitative estimate of drug-likeness (QED) is 0.892. The van der Waals surface area contributed by atoms with Crippen LogP contribution < -0.4 is 4.72 Å². The summed E-state index contributed by atoms with van der Waals surface area (Å²) in [5.41, 5.74) is 1.73. The van der Waals surface area contributed by atoms with Gasteiger partial charge >= 0.3 is 0 Å². The van der Waals surface area contributed by atoms with Crippen molar-refractivity contribution < 1.29 is 13.5 Å². The maximum Gasteiger partial charge on any atom is 0.261 e. The minimum Gasteiger partial charge on any atom is -0.392 e. The van der Waals surface area contributed by atoms with Crippen LogP contribution in [0, 0.1) is 6.92 Å². The molecule has 0 bridgehead atoms. The van der Waals surface area contributed by atoms with Crippen molar-refractivity contribution in [2.45, 2.75) is 18.4 Å². The number of aryl methyl sites for hydroxylation is 1. The van der Waals surface area contributed by atoms with E-state index in [1.807, 2.05) is 0 Å². The molecule has 0 aliphatic carbocycles. The van der Waals surface area contributed by atoms with E-state index in [0.717, 1.165) is 0 Å². The van der Waals surface area contributed by atoms with Crippen molar-refractivity contribution in [3.05, 3.63) is 53.9 Å². The Bertz CT molecular complexity index is 667. The first-order valence-corrected chi connectivity index (χ1v) is 7.15.